The van der Waals surface area contributed by atoms with E-state index in [-0.39, 0.29) is 6.61 Å². The Bertz CT molecular complexity index is 569. The van der Waals surface area contributed by atoms with Crippen LogP contribution in [0.2, 0.25) is 0 Å². The Hall–Kier alpha value is -1.56. The molecular formula is C13H9BrF3NO. The van der Waals surface area contributed by atoms with Crippen LogP contribution in [0.1, 0.15) is 11.1 Å². The van der Waals surface area contributed by atoms with Gasteiger partial charge in [-0.2, -0.15) is 0 Å². The van der Waals surface area contributed by atoms with Gasteiger partial charge in [0.1, 0.15) is 12.4 Å². The fraction of sp³-hybridized carbons (Fsp3) is 0.154. The topological polar surface area (TPSA) is 22.1 Å². The summed E-state index contributed by atoms with van der Waals surface area (Å²) in [6, 6.07) is 3.55. The Morgan fingerprint density at radius 3 is 2.26 bits per heavy atom. The highest BCUT2D eigenvalue weighted by molar-refractivity contribution is 9.08. The average Bonchev–Trinajstić information content (AvgIpc) is 2.37. The van der Waals surface area contributed by atoms with Crippen LogP contribution in [0, 0.1) is 17.5 Å². The van der Waals surface area contributed by atoms with Gasteiger partial charge in [-0.3, -0.25) is 4.98 Å². The Morgan fingerprint density at radius 1 is 1.00 bits per heavy atom. The molecule has 0 saturated carbocycles. The van der Waals surface area contributed by atoms with Crippen molar-refractivity contribution in [2.45, 2.75) is 11.9 Å². The predicted molar refractivity (Wildman–Crippen MR) is 67.5 cm³/mol. The van der Waals surface area contributed by atoms with Gasteiger partial charge in [0.15, 0.2) is 17.4 Å². The van der Waals surface area contributed by atoms with Gasteiger partial charge < -0.3 is 4.74 Å². The minimum absolute atomic E-state index is 0.160. The van der Waals surface area contributed by atoms with E-state index >= 15 is 0 Å². The molecule has 0 unspecified atom stereocenters. The molecule has 0 spiro atoms. The minimum atomic E-state index is -0.793. The molecule has 0 N–H and O–H groups in total. The van der Waals surface area contributed by atoms with E-state index in [0.717, 1.165) is 6.20 Å². The van der Waals surface area contributed by atoms with Crippen molar-refractivity contribution in [3.63, 3.8) is 0 Å². The second-order valence-corrected chi connectivity index (χ2v) is 4.38. The van der Waals surface area contributed by atoms with Gasteiger partial charge in [-0.25, -0.2) is 13.2 Å². The molecule has 1 aromatic heterocycles. The second kappa shape index (κ2) is 6.06. The van der Waals surface area contributed by atoms with Crippen LogP contribution in [0.25, 0.3) is 0 Å². The molecule has 0 amide bonds. The maximum absolute atomic E-state index is 13.6. The zero-order chi connectivity index (χ0) is 13.8. The quantitative estimate of drug-likeness (QED) is 0.791. The lowest BCUT2D eigenvalue weighted by Crippen LogP contribution is -2.01. The van der Waals surface area contributed by atoms with Crippen LogP contribution in [0.5, 0.6) is 5.75 Å². The summed E-state index contributed by atoms with van der Waals surface area (Å²) in [5.41, 5.74) is 0.859. The Labute approximate surface area is 116 Å². The maximum Gasteiger partial charge on any atom is 0.191 e. The lowest BCUT2D eigenvalue weighted by atomic mass is 10.2. The van der Waals surface area contributed by atoms with Gasteiger partial charge in [0.25, 0.3) is 0 Å². The van der Waals surface area contributed by atoms with Crippen LogP contribution < -0.4 is 4.74 Å². The molecule has 100 valence electrons. The summed E-state index contributed by atoms with van der Waals surface area (Å²) in [6.07, 6.45) is 2.40. The molecule has 0 saturated heterocycles. The summed E-state index contributed by atoms with van der Waals surface area (Å²) in [4.78, 5) is 3.62. The van der Waals surface area contributed by atoms with Gasteiger partial charge >= 0.3 is 0 Å². The average molecular weight is 332 g/mol. The second-order valence-electron chi connectivity index (χ2n) is 3.82. The molecule has 0 atom stereocenters. The smallest absolute Gasteiger partial charge is 0.191 e. The third-order valence-electron chi connectivity index (χ3n) is 2.36. The molecule has 0 radical (unpaired) electrons. The van der Waals surface area contributed by atoms with Crippen molar-refractivity contribution in [2.24, 2.45) is 0 Å². The number of halogens is 4. The molecule has 1 heterocycles. The molecule has 0 aliphatic rings. The molecule has 2 nitrogen and oxygen atoms in total. The number of pyridine rings is 1. The first kappa shape index (κ1) is 13.9. The summed E-state index contributed by atoms with van der Waals surface area (Å²) in [5.74, 6) is -2.59. The third kappa shape index (κ3) is 3.47. The summed E-state index contributed by atoms with van der Waals surface area (Å²) in [5, 5.41) is 0.342. The monoisotopic (exact) mass is 331 g/mol. The number of rotatable bonds is 4. The van der Waals surface area contributed by atoms with Crippen molar-refractivity contribution < 1.29 is 17.9 Å². The van der Waals surface area contributed by atoms with E-state index in [1.807, 2.05) is 0 Å². The first-order valence-corrected chi connectivity index (χ1v) is 6.48. The molecule has 19 heavy (non-hydrogen) atoms. The van der Waals surface area contributed by atoms with E-state index in [2.05, 4.69) is 20.9 Å². The fourth-order valence-corrected chi connectivity index (χ4v) is 1.84. The molecule has 0 bridgehead atoms. The van der Waals surface area contributed by atoms with Gasteiger partial charge in [-0.15, -0.1) is 0 Å². The SMILES string of the molecule is Fc1cncc(COc2c(F)cc(CBr)cc2F)c1. The molecule has 0 aliphatic carbocycles. The van der Waals surface area contributed by atoms with Crippen molar-refractivity contribution in [1.29, 1.82) is 0 Å². The molecule has 2 rings (SSSR count). The number of alkyl halides is 1. The number of hydrogen-bond donors (Lipinski definition) is 0. The molecular weight excluding hydrogens is 323 g/mol. The van der Waals surface area contributed by atoms with E-state index in [1.165, 1.54) is 24.4 Å². The van der Waals surface area contributed by atoms with Crippen LogP contribution in [0.3, 0.4) is 0 Å². The van der Waals surface area contributed by atoms with Crippen LogP contribution in [-0.2, 0) is 11.9 Å². The molecule has 6 heteroatoms. The Morgan fingerprint density at radius 2 is 1.68 bits per heavy atom. The number of nitrogens with zero attached hydrogens (tertiary/aromatic N) is 1. The van der Waals surface area contributed by atoms with Crippen molar-refractivity contribution >= 4 is 15.9 Å². The normalized spacial score (nSPS) is 10.5. The highest BCUT2D eigenvalue weighted by atomic mass is 79.9. The molecule has 0 fully saturated rings. The molecule has 1 aromatic carbocycles. The standard InChI is InChI=1S/C13H9BrF3NO/c14-4-8-2-11(16)13(12(17)3-8)19-7-9-1-10(15)6-18-5-9/h1-3,5-6H,4,7H2. The molecule has 2 aromatic rings. The van der Waals surface area contributed by atoms with Gasteiger partial charge in [-0.1, -0.05) is 15.9 Å². The van der Waals surface area contributed by atoms with Gasteiger partial charge in [-0.05, 0) is 23.8 Å². The molecule has 0 aliphatic heterocycles. The zero-order valence-electron chi connectivity index (χ0n) is 9.67. The first-order chi connectivity index (χ1) is 9.10. The summed E-state index contributed by atoms with van der Waals surface area (Å²) in [6.45, 7) is -0.160. The third-order valence-corrected chi connectivity index (χ3v) is 3.00. The summed E-state index contributed by atoms with van der Waals surface area (Å²) < 4.78 is 45.1. The lowest BCUT2D eigenvalue weighted by molar-refractivity contribution is 0.273. The van der Waals surface area contributed by atoms with Crippen LogP contribution in [-0.4, -0.2) is 4.98 Å². The van der Waals surface area contributed by atoms with Crippen LogP contribution in [0.15, 0.2) is 30.6 Å². The van der Waals surface area contributed by atoms with Crippen molar-refractivity contribution in [3.8, 4) is 5.75 Å². The van der Waals surface area contributed by atoms with E-state index in [1.54, 1.807) is 0 Å². The van der Waals surface area contributed by atoms with Crippen molar-refractivity contribution in [3.05, 3.63) is 59.2 Å². The largest absolute Gasteiger partial charge is 0.483 e. The number of aromatic nitrogens is 1. The fourth-order valence-electron chi connectivity index (χ4n) is 1.52. The summed E-state index contributed by atoms with van der Waals surface area (Å²) in [7, 11) is 0. The van der Waals surface area contributed by atoms with E-state index in [9.17, 15) is 13.2 Å². The number of benzene rings is 1. The lowest BCUT2D eigenvalue weighted by Gasteiger charge is -2.09. The highest BCUT2D eigenvalue weighted by Gasteiger charge is 2.12. The zero-order valence-corrected chi connectivity index (χ0v) is 11.3. The van der Waals surface area contributed by atoms with Gasteiger partial charge in [0.05, 0.1) is 6.20 Å². The van der Waals surface area contributed by atoms with E-state index in [4.69, 9.17) is 4.74 Å². The van der Waals surface area contributed by atoms with E-state index < -0.39 is 23.2 Å². The maximum atomic E-state index is 13.6. The summed E-state index contributed by atoms with van der Waals surface area (Å²) >= 11 is 3.11. The van der Waals surface area contributed by atoms with Crippen molar-refractivity contribution in [2.75, 3.05) is 0 Å². The Balaban J connectivity index is 2.16. The Kier molecular flexibility index (Phi) is 4.42. The van der Waals surface area contributed by atoms with E-state index in [0.29, 0.717) is 16.5 Å². The van der Waals surface area contributed by atoms with Crippen LogP contribution >= 0.6 is 15.9 Å². The number of hydrogen-bond acceptors (Lipinski definition) is 2. The highest BCUT2D eigenvalue weighted by Crippen LogP contribution is 2.25. The predicted octanol–water partition coefficient (Wildman–Crippen LogP) is 3.97. The van der Waals surface area contributed by atoms with Crippen LogP contribution in [0.4, 0.5) is 13.2 Å². The minimum Gasteiger partial charge on any atom is -0.483 e. The van der Waals surface area contributed by atoms with Crippen molar-refractivity contribution in [1.82, 2.24) is 4.98 Å². The first-order valence-electron chi connectivity index (χ1n) is 5.36. The van der Waals surface area contributed by atoms with Gasteiger partial charge in [0.2, 0.25) is 0 Å². The number of ether oxygens (including phenoxy) is 1. The van der Waals surface area contributed by atoms with Gasteiger partial charge in [0, 0.05) is 17.1 Å².